The van der Waals surface area contributed by atoms with Crippen LogP contribution in [0.4, 0.5) is 5.69 Å². The van der Waals surface area contributed by atoms with Gasteiger partial charge in [-0.15, -0.1) is 0 Å². The quantitative estimate of drug-likeness (QED) is 0.741. The molecule has 1 rings (SSSR count). The van der Waals surface area contributed by atoms with Crippen molar-refractivity contribution in [3.63, 3.8) is 0 Å². The van der Waals surface area contributed by atoms with Crippen LogP contribution in [0.1, 0.15) is 20.3 Å². The Bertz CT molecular complexity index is 340. The van der Waals surface area contributed by atoms with Crippen LogP contribution in [0.25, 0.3) is 0 Å². The molecule has 0 bridgehead atoms. The van der Waals surface area contributed by atoms with Gasteiger partial charge < -0.3 is 15.5 Å². The first kappa shape index (κ1) is 14.9. The number of nitrogens with zero attached hydrogens (tertiary/aromatic N) is 1. The van der Waals surface area contributed by atoms with Crippen LogP contribution in [0.3, 0.4) is 0 Å². The van der Waals surface area contributed by atoms with E-state index in [-0.39, 0.29) is 0 Å². The molecule has 1 aromatic carbocycles. The van der Waals surface area contributed by atoms with Crippen LogP contribution >= 0.6 is 12.2 Å². The average molecular weight is 265 g/mol. The zero-order chi connectivity index (χ0) is 13.2. The smallest absolute Gasteiger partial charge is 0.170 e. The molecule has 0 spiro atoms. The number of benzene rings is 1. The van der Waals surface area contributed by atoms with Crippen molar-refractivity contribution < 1.29 is 0 Å². The van der Waals surface area contributed by atoms with Crippen molar-refractivity contribution in [3.8, 4) is 0 Å². The predicted octanol–water partition coefficient (Wildman–Crippen LogP) is 2.70. The molecule has 4 heteroatoms. The minimum Gasteiger partial charge on any atom is -0.361 e. The average Bonchev–Trinajstić information content (AvgIpc) is 2.39. The van der Waals surface area contributed by atoms with Gasteiger partial charge in [0.15, 0.2) is 5.11 Å². The lowest BCUT2D eigenvalue weighted by Crippen LogP contribution is -2.37. The van der Waals surface area contributed by atoms with Crippen molar-refractivity contribution in [2.45, 2.75) is 20.3 Å². The maximum Gasteiger partial charge on any atom is 0.170 e. The van der Waals surface area contributed by atoms with Gasteiger partial charge in [-0.25, -0.2) is 0 Å². The Labute approximate surface area is 116 Å². The van der Waals surface area contributed by atoms with Crippen molar-refractivity contribution in [3.05, 3.63) is 30.3 Å². The molecule has 0 heterocycles. The van der Waals surface area contributed by atoms with E-state index in [1.54, 1.807) is 0 Å². The number of thiocarbonyl (C=S) groups is 1. The van der Waals surface area contributed by atoms with E-state index in [0.717, 1.165) is 31.9 Å². The summed E-state index contributed by atoms with van der Waals surface area (Å²) in [4.78, 5) is 2.41. The third kappa shape index (κ3) is 5.98. The molecule has 0 amide bonds. The van der Waals surface area contributed by atoms with Crippen LogP contribution in [0.5, 0.6) is 0 Å². The molecule has 0 saturated heterocycles. The molecule has 0 saturated carbocycles. The van der Waals surface area contributed by atoms with E-state index in [9.17, 15) is 0 Å². The highest BCUT2D eigenvalue weighted by atomic mass is 32.1. The van der Waals surface area contributed by atoms with E-state index < -0.39 is 0 Å². The lowest BCUT2D eigenvalue weighted by Gasteiger charge is -2.20. The van der Waals surface area contributed by atoms with E-state index >= 15 is 0 Å². The molecule has 1 aromatic rings. The van der Waals surface area contributed by atoms with Crippen molar-refractivity contribution in [1.29, 1.82) is 0 Å². The van der Waals surface area contributed by atoms with E-state index in [4.69, 9.17) is 12.2 Å². The van der Waals surface area contributed by atoms with Gasteiger partial charge in [0.1, 0.15) is 0 Å². The molecule has 0 fully saturated rings. The molecule has 18 heavy (non-hydrogen) atoms. The SMILES string of the molecule is CCCN(CC)CCNC(=S)Nc1ccccc1. The molecule has 0 aliphatic carbocycles. The normalized spacial score (nSPS) is 10.4. The molecule has 0 unspecified atom stereocenters. The van der Waals surface area contributed by atoms with Gasteiger partial charge in [-0.05, 0) is 43.9 Å². The number of hydrogen-bond acceptors (Lipinski definition) is 2. The monoisotopic (exact) mass is 265 g/mol. The molecule has 0 radical (unpaired) electrons. The summed E-state index contributed by atoms with van der Waals surface area (Å²) in [6.07, 6.45) is 1.19. The number of hydrogen-bond donors (Lipinski definition) is 2. The van der Waals surface area contributed by atoms with E-state index in [1.165, 1.54) is 6.42 Å². The van der Waals surface area contributed by atoms with Crippen molar-refractivity contribution >= 4 is 23.0 Å². The van der Waals surface area contributed by atoms with Gasteiger partial charge in [-0.3, -0.25) is 0 Å². The highest BCUT2D eigenvalue weighted by molar-refractivity contribution is 7.80. The Kier molecular flexibility index (Phi) is 7.37. The number of para-hydroxylation sites is 1. The number of likely N-dealkylation sites (N-methyl/N-ethyl adjacent to an activating group) is 1. The second kappa shape index (κ2) is 8.89. The van der Waals surface area contributed by atoms with Crippen molar-refractivity contribution in [1.82, 2.24) is 10.2 Å². The topological polar surface area (TPSA) is 27.3 Å². The fraction of sp³-hybridized carbons (Fsp3) is 0.500. The molecule has 100 valence electrons. The Balaban J connectivity index is 2.21. The summed E-state index contributed by atoms with van der Waals surface area (Å²) in [5.41, 5.74) is 1.02. The Hall–Kier alpha value is -1.13. The lowest BCUT2D eigenvalue weighted by molar-refractivity contribution is 0.293. The van der Waals surface area contributed by atoms with Crippen molar-refractivity contribution in [2.24, 2.45) is 0 Å². The Morgan fingerprint density at radius 3 is 2.50 bits per heavy atom. The fourth-order valence-corrected chi connectivity index (χ4v) is 1.99. The number of rotatable bonds is 7. The van der Waals surface area contributed by atoms with Crippen LogP contribution in [-0.4, -0.2) is 36.2 Å². The van der Waals surface area contributed by atoms with E-state index in [1.807, 2.05) is 30.3 Å². The Morgan fingerprint density at radius 2 is 1.89 bits per heavy atom. The highest BCUT2D eigenvalue weighted by Gasteiger charge is 2.01. The summed E-state index contributed by atoms with van der Waals surface area (Å²) in [5, 5.41) is 7.09. The molecule has 2 N–H and O–H groups in total. The van der Waals surface area contributed by atoms with Gasteiger partial charge in [0, 0.05) is 18.8 Å². The first-order chi connectivity index (χ1) is 8.76. The minimum atomic E-state index is 0.689. The third-order valence-corrected chi connectivity index (χ3v) is 2.98. The second-order valence-corrected chi connectivity index (χ2v) is 4.59. The maximum absolute atomic E-state index is 5.25. The van der Waals surface area contributed by atoms with E-state index in [2.05, 4.69) is 29.4 Å². The zero-order valence-corrected chi connectivity index (χ0v) is 12.1. The third-order valence-electron chi connectivity index (χ3n) is 2.73. The maximum atomic E-state index is 5.25. The second-order valence-electron chi connectivity index (χ2n) is 4.18. The number of nitrogens with one attached hydrogen (secondary N) is 2. The molecule has 0 aliphatic heterocycles. The fourth-order valence-electron chi connectivity index (χ4n) is 1.77. The van der Waals surface area contributed by atoms with Gasteiger partial charge in [-0.1, -0.05) is 32.0 Å². The molecule has 0 aromatic heterocycles. The molecule has 0 aliphatic rings. The van der Waals surface area contributed by atoms with Gasteiger partial charge >= 0.3 is 0 Å². The molecular formula is C14H23N3S. The van der Waals surface area contributed by atoms with Gasteiger partial charge in [0.25, 0.3) is 0 Å². The largest absolute Gasteiger partial charge is 0.361 e. The van der Waals surface area contributed by atoms with Crippen molar-refractivity contribution in [2.75, 3.05) is 31.5 Å². The van der Waals surface area contributed by atoms with Crippen LogP contribution in [0.15, 0.2) is 30.3 Å². The Morgan fingerprint density at radius 1 is 1.17 bits per heavy atom. The zero-order valence-electron chi connectivity index (χ0n) is 11.3. The van der Waals surface area contributed by atoms with Crippen LogP contribution in [0.2, 0.25) is 0 Å². The summed E-state index contributed by atoms with van der Waals surface area (Å²) in [7, 11) is 0. The molecule has 0 atom stereocenters. The lowest BCUT2D eigenvalue weighted by atomic mass is 10.3. The standard InChI is InChI=1S/C14H23N3S/c1-3-11-17(4-2)12-10-15-14(18)16-13-8-6-5-7-9-13/h5-9H,3-4,10-12H2,1-2H3,(H2,15,16,18). The van der Waals surface area contributed by atoms with Gasteiger partial charge in [-0.2, -0.15) is 0 Å². The van der Waals surface area contributed by atoms with Crippen LogP contribution < -0.4 is 10.6 Å². The summed E-state index contributed by atoms with van der Waals surface area (Å²) < 4.78 is 0. The summed E-state index contributed by atoms with van der Waals surface area (Å²) >= 11 is 5.25. The van der Waals surface area contributed by atoms with Gasteiger partial charge in [0.2, 0.25) is 0 Å². The summed E-state index contributed by atoms with van der Waals surface area (Å²) in [5.74, 6) is 0. The molecule has 3 nitrogen and oxygen atoms in total. The first-order valence-electron chi connectivity index (χ1n) is 6.58. The first-order valence-corrected chi connectivity index (χ1v) is 6.99. The minimum absolute atomic E-state index is 0.689. The van der Waals surface area contributed by atoms with Crippen LogP contribution in [0, 0.1) is 0 Å². The van der Waals surface area contributed by atoms with E-state index in [0.29, 0.717) is 5.11 Å². The summed E-state index contributed by atoms with van der Waals surface area (Å²) in [6, 6.07) is 9.98. The number of anilines is 1. The van der Waals surface area contributed by atoms with Crippen LogP contribution in [-0.2, 0) is 0 Å². The summed E-state index contributed by atoms with van der Waals surface area (Å²) in [6.45, 7) is 8.55. The van der Waals surface area contributed by atoms with Gasteiger partial charge in [0.05, 0.1) is 0 Å². The highest BCUT2D eigenvalue weighted by Crippen LogP contribution is 2.04. The predicted molar refractivity (Wildman–Crippen MR) is 83.1 cm³/mol. The molecular weight excluding hydrogens is 242 g/mol.